The molecule has 1 aliphatic rings. The number of carbonyl (C=O) groups excluding carboxylic acids is 1. The molecular weight excluding hydrogens is 200 g/mol. The summed E-state index contributed by atoms with van der Waals surface area (Å²) in [5.74, 6) is 0.174. The summed E-state index contributed by atoms with van der Waals surface area (Å²) in [6.45, 7) is 6.33. The number of hydrogen-bond acceptors (Lipinski definition) is 2. The first-order valence-electron chi connectivity index (χ1n) is 6.84. The van der Waals surface area contributed by atoms with Gasteiger partial charge in [0.25, 0.3) is 0 Å². The first-order valence-corrected chi connectivity index (χ1v) is 6.84. The lowest BCUT2D eigenvalue weighted by atomic mass is 9.98. The summed E-state index contributed by atoms with van der Waals surface area (Å²) >= 11 is 0. The van der Waals surface area contributed by atoms with Crippen LogP contribution in [0, 0.1) is 5.92 Å². The van der Waals surface area contributed by atoms with Crippen molar-refractivity contribution in [2.75, 3.05) is 0 Å². The molecule has 94 valence electrons. The van der Waals surface area contributed by atoms with Gasteiger partial charge in [-0.3, -0.25) is 4.79 Å². The van der Waals surface area contributed by atoms with Gasteiger partial charge in [-0.2, -0.15) is 0 Å². The van der Waals surface area contributed by atoms with Crippen LogP contribution < -0.4 is 0 Å². The van der Waals surface area contributed by atoms with Gasteiger partial charge < -0.3 is 4.74 Å². The highest BCUT2D eigenvalue weighted by Gasteiger charge is 2.42. The third kappa shape index (κ3) is 4.54. The van der Waals surface area contributed by atoms with E-state index in [1.165, 1.54) is 19.3 Å². The number of unbranched alkanes of at least 4 members (excludes halogenated alkanes) is 3. The van der Waals surface area contributed by atoms with Crippen molar-refractivity contribution in [1.82, 2.24) is 0 Å². The van der Waals surface area contributed by atoms with E-state index in [1.807, 2.05) is 6.92 Å². The minimum Gasteiger partial charge on any atom is -0.459 e. The van der Waals surface area contributed by atoms with Gasteiger partial charge in [0.15, 0.2) is 0 Å². The zero-order chi connectivity index (χ0) is 12.0. The average Bonchev–Trinajstić information content (AvgIpc) is 2.96. The van der Waals surface area contributed by atoms with Gasteiger partial charge in [-0.25, -0.2) is 0 Å². The van der Waals surface area contributed by atoms with E-state index in [4.69, 9.17) is 4.74 Å². The second-order valence-corrected chi connectivity index (χ2v) is 5.33. The predicted octanol–water partition coefficient (Wildman–Crippen LogP) is 4.08. The van der Waals surface area contributed by atoms with Crippen LogP contribution in [0.5, 0.6) is 0 Å². The number of esters is 1. The SMILES string of the molecule is CCCCCCC(CC)C(=O)OC1(C)CC1. The standard InChI is InChI=1S/C14H26O2/c1-4-6-7-8-9-12(5-2)13(15)16-14(3)10-11-14/h12H,4-11H2,1-3H3. The van der Waals surface area contributed by atoms with E-state index < -0.39 is 0 Å². The predicted molar refractivity (Wildman–Crippen MR) is 66.3 cm³/mol. The highest BCUT2D eigenvalue weighted by atomic mass is 16.6. The normalized spacial score (nSPS) is 19.2. The van der Waals surface area contributed by atoms with Crippen LogP contribution in [0.15, 0.2) is 0 Å². The Bertz CT molecular complexity index is 219. The van der Waals surface area contributed by atoms with Crippen LogP contribution in [0.2, 0.25) is 0 Å². The van der Waals surface area contributed by atoms with Gasteiger partial charge in [0, 0.05) is 0 Å². The molecule has 0 bridgehead atoms. The quantitative estimate of drug-likeness (QED) is 0.460. The molecule has 0 saturated heterocycles. The largest absolute Gasteiger partial charge is 0.459 e. The fourth-order valence-electron chi connectivity index (χ4n) is 1.91. The smallest absolute Gasteiger partial charge is 0.309 e. The Hall–Kier alpha value is -0.530. The Labute approximate surface area is 99.8 Å². The summed E-state index contributed by atoms with van der Waals surface area (Å²) in [5, 5.41) is 0. The van der Waals surface area contributed by atoms with Crippen molar-refractivity contribution < 1.29 is 9.53 Å². The molecule has 0 aromatic carbocycles. The summed E-state index contributed by atoms with van der Waals surface area (Å²) < 4.78 is 5.52. The third-order valence-electron chi connectivity index (χ3n) is 3.53. The lowest BCUT2D eigenvalue weighted by molar-refractivity contribution is -0.155. The van der Waals surface area contributed by atoms with Crippen molar-refractivity contribution in [3.63, 3.8) is 0 Å². The maximum absolute atomic E-state index is 11.9. The second kappa shape index (κ2) is 6.27. The van der Waals surface area contributed by atoms with E-state index in [-0.39, 0.29) is 17.5 Å². The van der Waals surface area contributed by atoms with Crippen molar-refractivity contribution in [1.29, 1.82) is 0 Å². The molecule has 0 radical (unpaired) electrons. The van der Waals surface area contributed by atoms with Crippen LogP contribution >= 0.6 is 0 Å². The molecule has 1 aliphatic carbocycles. The molecule has 1 unspecified atom stereocenters. The average molecular weight is 226 g/mol. The summed E-state index contributed by atoms with van der Waals surface area (Å²) in [7, 11) is 0. The maximum Gasteiger partial charge on any atom is 0.309 e. The van der Waals surface area contributed by atoms with Crippen molar-refractivity contribution in [3.8, 4) is 0 Å². The van der Waals surface area contributed by atoms with Crippen molar-refractivity contribution in [2.45, 2.75) is 77.7 Å². The molecule has 16 heavy (non-hydrogen) atoms. The van der Waals surface area contributed by atoms with E-state index in [9.17, 15) is 4.79 Å². The first kappa shape index (κ1) is 13.5. The van der Waals surface area contributed by atoms with Gasteiger partial charge in [0.05, 0.1) is 5.92 Å². The monoisotopic (exact) mass is 226 g/mol. The Balaban J connectivity index is 2.21. The number of hydrogen-bond donors (Lipinski definition) is 0. The molecule has 1 fully saturated rings. The van der Waals surface area contributed by atoms with E-state index in [0.29, 0.717) is 0 Å². The Kier molecular flexibility index (Phi) is 5.30. The number of rotatable bonds is 8. The molecule has 0 N–H and O–H groups in total. The Morgan fingerprint density at radius 3 is 2.44 bits per heavy atom. The summed E-state index contributed by atoms with van der Waals surface area (Å²) in [6, 6.07) is 0. The molecule has 0 aromatic rings. The Morgan fingerprint density at radius 2 is 1.94 bits per heavy atom. The highest BCUT2D eigenvalue weighted by molar-refractivity contribution is 5.73. The first-order chi connectivity index (χ1) is 7.61. The van der Waals surface area contributed by atoms with Crippen LogP contribution in [0.1, 0.15) is 72.1 Å². The molecule has 1 atom stereocenters. The molecule has 0 heterocycles. The van der Waals surface area contributed by atoms with Crippen molar-refractivity contribution in [2.24, 2.45) is 5.92 Å². The van der Waals surface area contributed by atoms with E-state index in [1.54, 1.807) is 0 Å². The summed E-state index contributed by atoms with van der Waals surface area (Å²) in [4.78, 5) is 11.9. The minimum absolute atomic E-state index is 0.0407. The maximum atomic E-state index is 11.9. The molecule has 0 amide bonds. The molecule has 0 spiro atoms. The van der Waals surface area contributed by atoms with Crippen LogP contribution in [-0.2, 0) is 9.53 Å². The third-order valence-corrected chi connectivity index (χ3v) is 3.53. The van der Waals surface area contributed by atoms with Gasteiger partial charge >= 0.3 is 5.97 Å². The van der Waals surface area contributed by atoms with Gasteiger partial charge in [0.2, 0.25) is 0 Å². The zero-order valence-electron chi connectivity index (χ0n) is 11.1. The fraction of sp³-hybridized carbons (Fsp3) is 0.929. The molecule has 0 aromatic heterocycles. The van der Waals surface area contributed by atoms with E-state index in [0.717, 1.165) is 32.1 Å². The Morgan fingerprint density at radius 1 is 1.25 bits per heavy atom. The van der Waals surface area contributed by atoms with E-state index >= 15 is 0 Å². The minimum atomic E-state index is -0.103. The van der Waals surface area contributed by atoms with Gasteiger partial charge in [0.1, 0.15) is 5.60 Å². The van der Waals surface area contributed by atoms with Gasteiger partial charge in [-0.05, 0) is 32.6 Å². The zero-order valence-corrected chi connectivity index (χ0v) is 11.1. The van der Waals surface area contributed by atoms with Gasteiger partial charge in [-0.1, -0.05) is 39.5 Å². The molecular formula is C14H26O2. The molecule has 1 rings (SSSR count). The van der Waals surface area contributed by atoms with Gasteiger partial charge in [-0.15, -0.1) is 0 Å². The lowest BCUT2D eigenvalue weighted by Gasteiger charge is -2.17. The van der Waals surface area contributed by atoms with Crippen LogP contribution in [0.25, 0.3) is 0 Å². The topological polar surface area (TPSA) is 26.3 Å². The van der Waals surface area contributed by atoms with Crippen molar-refractivity contribution in [3.05, 3.63) is 0 Å². The lowest BCUT2D eigenvalue weighted by Crippen LogP contribution is -2.23. The molecule has 2 heteroatoms. The molecule has 1 saturated carbocycles. The summed E-state index contributed by atoms with van der Waals surface area (Å²) in [6.07, 6.45) is 8.96. The molecule has 0 aliphatic heterocycles. The van der Waals surface area contributed by atoms with Crippen LogP contribution in [-0.4, -0.2) is 11.6 Å². The summed E-state index contributed by atoms with van der Waals surface area (Å²) in [5.41, 5.74) is -0.103. The number of ether oxygens (including phenoxy) is 1. The second-order valence-electron chi connectivity index (χ2n) is 5.33. The fourth-order valence-corrected chi connectivity index (χ4v) is 1.91. The van der Waals surface area contributed by atoms with Crippen LogP contribution in [0.3, 0.4) is 0 Å². The van der Waals surface area contributed by atoms with E-state index in [2.05, 4.69) is 13.8 Å². The highest BCUT2D eigenvalue weighted by Crippen LogP contribution is 2.39. The van der Waals surface area contributed by atoms with Crippen molar-refractivity contribution >= 4 is 5.97 Å². The molecule has 2 nitrogen and oxygen atoms in total. The van der Waals surface area contributed by atoms with Crippen LogP contribution in [0.4, 0.5) is 0 Å². The number of carbonyl (C=O) groups is 1.